The molecule has 1 aromatic rings. The molecule has 0 atom stereocenters. The van der Waals surface area contributed by atoms with Gasteiger partial charge in [-0.3, -0.25) is 0 Å². The normalized spacial score (nSPS) is 11.4. The first-order valence-corrected chi connectivity index (χ1v) is 3.91. The highest BCUT2D eigenvalue weighted by atomic mass is 19.4. The van der Waals surface area contributed by atoms with E-state index in [1.54, 1.807) is 12.1 Å². The fourth-order valence-electron chi connectivity index (χ4n) is 0.935. The van der Waals surface area contributed by atoms with Crippen molar-refractivity contribution in [2.75, 3.05) is 6.61 Å². The average Bonchev–Trinajstić information content (AvgIpc) is 2.14. The SMILES string of the molecule is OCc1ccccc1OCC(F)(F)F. The van der Waals surface area contributed by atoms with E-state index in [1.807, 2.05) is 0 Å². The van der Waals surface area contributed by atoms with E-state index in [2.05, 4.69) is 4.74 Å². The van der Waals surface area contributed by atoms with Crippen molar-refractivity contribution in [2.45, 2.75) is 12.8 Å². The molecule has 1 rings (SSSR count). The molecule has 0 radical (unpaired) electrons. The molecule has 0 fully saturated rings. The Morgan fingerprint density at radius 1 is 1.21 bits per heavy atom. The topological polar surface area (TPSA) is 29.5 Å². The zero-order chi connectivity index (χ0) is 10.6. The molecule has 0 aliphatic rings. The van der Waals surface area contributed by atoms with Gasteiger partial charge in [-0.15, -0.1) is 0 Å². The molecule has 0 aromatic heterocycles. The molecular formula is C9H9F3O2. The molecule has 0 heterocycles. The van der Waals surface area contributed by atoms with E-state index < -0.39 is 12.8 Å². The first-order valence-electron chi connectivity index (χ1n) is 3.91. The number of ether oxygens (including phenoxy) is 1. The van der Waals surface area contributed by atoms with Crippen molar-refractivity contribution in [2.24, 2.45) is 0 Å². The van der Waals surface area contributed by atoms with Crippen LogP contribution in [0.3, 0.4) is 0 Å². The lowest BCUT2D eigenvalue weighted by Crippen LogP contribution is -2.19. The summed E-state index contributed by atoms with van der Waals surface area (Å²) < 4.78 is 39.9. The second-order valence-electron chi connectivity index (χ2n) is 2.67. The maximum atomic E-state index is 11.8. The monoisotopic (exact) mass is 206 g/mol. The minimum atomic E-state index is -4.36. The van der Waals surface area contributed by atoms with Crippen molar-refractivity contribution in [1.82, 2.24) is 0 Å². The third kappa shape index (κ3) is 3.26. The summed E-state index contributed by atoms with van der Waals surface area (Å²) in [5.74, 6) is 0.0623. The number of aliphatic hydroxyl groups is 1. The Bertz CT molecular complexity index is 296. The summed E-state index contributed by atoms with van der Waals surface area (Å²) in [4.78, 5) is 0. The second kappa shape index (κ2) is 4.32. The van der Waals surface area contributed by atoms with Crippen LogP contribution in [0.5, 0.6) is 5.75 Å². The van der Waals surface area contributed by atoms with Crippen LogP contribution in [0.15, 0.2) is 24.3 Å². The summed E-state index contributed by atoms with van der Waals surface area (Å²) in [5, 5.41) is 8.79. The Morgan fingerprint density at radius 2 is 1.86 bits per heavy atom. The van der Waals surface area contributed by atoms with Crippen LogP contribution in [0, 0.1) is 0 Å². The quantitative estimate of drug-likeness (QED) is 0.820. The van der Waals surface area contributed by atoms with Gasteiger partial charge in [-0.1, -0.05) is 18.2 Å². The van der Waals surface area contributed by atoms with E-state index in [4.69, 9.17) is 5.11 Å². The molecule has 0 saturated heterocycles. The minimum Gasteiger partial charge on any atom is -0.484 e. The number of rotatable bonds is 3. The number of aliphatic hydroxyl groups excluding tert-OH is 1. The maximum Gasteiger partial charge on any atom is 0.422 e. The number of halogens is 3. The van der Waals surface area contributed by atoms with Crippen LogP contribution < -0.4 is 4.74 Å². The lowest BCUT2D eigenvalue weighted by atomic mass is 10.2. The Morgan fingerprint density at radius 3 is 2.43 bits per heavy atom. The van der Waals surface area contributed by atoms with Crippen LogP contribution >= 0.6 is 0 Å². The molecule has 0 aliphatic carbocycles. The van der Waals surface area contributed by atoms with Gasteiger partial charge in [0, 0.05) is 5.56 Å². The predicted molar refractivity (Wildman–Crippen MR) is 43.9 cm³/mol. The highest BCUT2D eigenvalue weighted by molar-refractivity contribution is 5.32. The molecule has 1 N–H and O–H groups in total. The third-order valence-corrected chi connectivity index (χ3v) is 1.53. The molecular weight excluding hydrogens is 197 g/mol. The fraction of sp³-hybridized carbons (Fsp3) is 0.333. The number of hydrogen-bond acceptors (Lipinski definition) is 2. The van der Waals surface area contributed by atoms with E-state index in [9.17, 15) is 13.2 Å². The molecule has 0 amide bonds. The summed E-state index contributed by atoms with van der Waals surface area (Å²) >= 11 is 0. The van der Waals surface area contributed by atoms with Crippen molar-refractivity contribution >= 4 is 0 Å². The number of hydrogen-bond donors (Lipinski definition) is 1. The number of alkyl halides is 3. The first kappa shape index (κ1) is 10.8. The lowest BCUT2D eigenvalue weighted by Gasteiger charge is -2.11. The van der Waals surface area contributed by atoms with Crippen molar-refractivity contribution in [1.29, 1.82) is 0 Å². The minimum absolute atomic E-state index is 0.0623. The van der Waals surface area contributed by atoms with Crippen molar-refractivity contribution in [3.63, 3.8) is 0 Å². The van der Waals surface area contributed by atoms with Crippen LogP contribution in [-0.4, -0.2) is 17.9 Å². The molecule has 0 aliphatic heterocycles. The summed E-state index contributed by atoms with van der Waals surface area (Å²) in [6.07, 6.45) is -4.36. The maximum absolute atomic E-state index is 11.8. The van der Waals surface area contributed by atoms with E-state index >= 15 is 0 Å². The molecule has 1 aromatic carbocycles. The predicted octanol–water partition coefficient (Wildman–Crippen LogP) is 2.12. The van der Waals surface area contributed by atoms with Crippen LogP contribution in [0.4, 0.5) is 13.2 Å². The molecule has 2 nitrogen and oxygen atoms in total. The summed E-state index contributed by atoms with van der Waals surface area (Å²) in [5.41, 5.74) is 0.344. The van der Waals surface area contributed by atoms with Gasteiger partial charge >= 0.3 is 6.18 Å². The standard InChI is InChI=1S/C9H9F3O2/c10-9(11,12)6-14-8-4-2-1-3-7(8)5-13/h1-4,13H,5-6H2. The highest BCUT2D eigenvalue weighted by Crippen LogP contribution is 2.21. The van der Waals surface area contributed by atoms with Gasteiger partial charge in [0.2, 0.25) is 0 Å². The summed E-state index contributed by atoms with van der Waals surface area (Å²) in [6, 6.07) is 6.06. The Hall–Kier alpha value is -1.23. The average molecular weight is 206 g/mol. The van der Waals surface area contributed by atoms with Gasteiger partial charge in [-0.05, 0) is 6.07 Å². The third-order valence-electron chi connectivity index (χ3n) is 1.53. The van der Waals surface area contributed by atoms with E-state index in [1.165, 1.54) is 12.1 Å². The molecule has 0 spiro atoms. The van der Waals surface area contributed by atoms with Gasteiger partial charge < -0.3 is 9.84 Å². The Labute approximate surface area is 78.9 Å². The Balaban J connectivity index is 2.67. The van der Waals surface area contributed by atoms with E-state index in [0.717, 1.165) is 0 Å². The molecule has 0 saturated carbocycles. The van der Waals surface area contributed by atoms with Gasteiger partial charge in [0.05, 0.1) is 6.61 Å². The van der Waals surface area contributed by atoms with Gasteiger partial charge in [0.1, 0.15) is 5.75 Å². The fourth-order valence-corrected chi connectivity index (χ4v) is 0.935. The van der Waals surface area contributed by atoms with Gasteiger partial charge in [-0.25, -0.2) is 0 Å². The van der Waals surface area contributed by atoms with Gasteiger partial charge in [0.15, 0.2) is 6.61 Å². The molecule has 0 bridgehead atoms. The van der Waals surface area contributed by atoms with E-state index in [-0.39, 0.29) is 12.4 Å². The number of benzene rings is 1. The first-order chi connectivity index (χ1) is 6.53. The van der Waals surface area contributed by atoms with Crippen LogP contribution in [0.2, 0.25) is 0 Å². The van der Waals surface area contributed by atoms with Crippen LogP contribution in [0.25, 0.3) is 0 Å². The van der Waals surface area contributed by atoms with Crippen LogP contribution in [0.1, 0.15) is 5.56 Å². The molecule has 14 heavy (non-hydrogen) atoms. The summed E-state index contributed by atoms with van der Waals surface area (Å²) in [6.45, 7) is -1.68. The highest BCUT2D eigenvalue weighted by Gasteiger charge is 2.28. The van der Waals surface area contributed by atoms with Crippen LogP contribution in [-0.2, 0) is 6.61 Å². The largest absolute Gasteiger partial charge is 0.484 e. The van der Waals surface area contributed by atoms with Gasteiger partial charge in [0.25, 0.3) is 0 Å². The second-order valence-corrected chi connectivity index (χ2v) is 2.67. The molecule has 5 heteroatoms. The van der Waals surface area contributed by atoms with Crippen molar-refractivity contribution in [3.05, 3.63) is 29.8 Å². The summed E-state index contributed by atoms with van der Waals surface area (Å²) in [7, 11) is 0. The van der Waals surface area contributed by atoms with Gasteiger partial charge in [-0.2, -0.15) is 13.2 Å². The molecule has 78 valence electrons. The number of para-hydroxylation sites is 1. The smallest absolute Gasteiger partial charge is 0.422 e. The van der Waals surface area contributed by atoms with E-state index in [0.29, 0.717) is 5.56 Å². The zero-order valence-corrected chi connectivity index (χ0v) is 7.21. The Kier molecular flexibility index (Phi) is 3.35. The zero-order valence-electron chi connectivity index (χ0n) is 7.21. The molecule has 0 unspecified atom stereocenters. The lowest BCUT2D eigenvalue weighted by molar-refractivity contribution is -0.153. The van der Waals surface area contributed by atoms with Crippen molar-refractivity contribution in [3.8, 4) is 5.75 Å². The van der Waals surface area contributed by atoms with Crippen molar-refractivity contribution < 1.29 is 23.0 Å².